The second kappa shape index (κ2) is 10.1. The maximum Gasteiger partial charge on any atom is 0.276 e. The molecule has 0 bridgehead atoms. The van der Waals surface area contributed by atoms with E-state index in [4.69, 9.17) is 10.2 Å². The molecule has 3 N–H and O–H groups in total. The number of nitrogens with zero attached hydrogens (tertiary/aromatic N) is 2. The zero-order valence-electron chi connectivity index (χ0n) is 15.1. The smallest absolute Gasteiger partial charge is 0.276 e. The molecule has 8 heteroatoms. The quantitative estimate of drug-likeness (QED) is 0.784. The molecule has 3 rings (SSSR count). The molecule has 2 amide bonds. The number of nitrogens with one attached hydrogen (secondary N) is 1. The number of amides is 2. The number of hydrogen-bond acceptors (Lipinski definition) is 5. The van der Waals surface area contributed by atoms with Crippen molar-refractivity contribution in [1.29, 1.82) is 0 Å². The highest BCUT2D eigenvalue weighted by atomic mass is 35.5. The third-order valence-electron chi connectivity index (χ3n) is 4.54. The van der Waals surface area contributed by atoms with E-state index in [1.165, 1.54) is 6.26 Å². The molecular weight excluding hydrogens is 368 g/mol. The van der Waals surface area contributed by atoms with Crippen molar-refractivity contribution < 1.29 is 14.0 Å². The molecule has 1 unspecified atom stereocenters. The Morgan fingerprint density at radius 1 is 1.26 bits per heavy atom. The summed E-state index contributed by atoms with van der Waals surface area (Å²) >= 11 is 0. The number of piperidine rings is 1. The monoisotopic (exact) mass is 392 g/mol. The number of hydrogen-bond donors (Lipinski definition) is 2. The summed E-state index contributed by atoms with van der Waals surface area (Å²) in [5, 5.41) is 2.86. The van der Waals surface area contributed by atoms with Gasteiger partial charge in [0.05, 0.1) is 0 Å². The first kappa shape index (κ1) is 20.9. The number of aromatic nitrogens is 1. The van der Waals surface area contributed by atoms with Crippen LogP contribution in [-0.4, -0.2) is 47.4 Å². The van der Waals surface area contributed by atoms with E-state index in [9.17, 15) is 9.59 Å². The lowest BCUT2D eigenvalue weighted by molar-refractivity contribution is -0.121. The lowest BCUT2D eigenvalue weighted by atomic mass is 10.0. The number of rotatable bonds is 6. The summed E-state index contributed by atoms with van der Waals surface area (Å²) in [6.45, 7) is 1.41. The van der Waals surface area contributed by atoms with Gasteiger partial charge in [-0.05, 0) is 31.4 Å². The molecule has 2 heterocycles. The fourth-order valence-corrected chi connectivity index (χ4v) is 3.16. The normalized spacial score (nSPS) is 16.5. The Hall–Kier alpha value is -2.38. The fraction of sp³-hybridized carbons (Fsp3) is 0.421. The molecule has 1 aliphatic rings. The minimum Gasteiger partial charge on any atom is -0.444 e. The van der Waals surface area contributed by atoms with Gasteiger partial charge in [0, 0.05) is 37.7 Å². The molecule has 1 saturated heterocycles. The van der Waals surface area contributed by atoms with Crippen LogP contribution in [0.25, 0.3) is 11.5 Å². The van der Waals surface area contributed by atoms with Gasteiger partial charge in [0.1, 0.15) is 6.26 Å². The van der Waals surface area contributed by atoms with Crippen LogP contribution in [0.15, 0.2) is 41.0 Å². The standard InChI is InChI=1S/C19H24N4O3.ClH/c20-10-9-17(24)21-12-15-8-4-5-11-23(15)19(25)16-13-26-18(22-16)14-6-2-1-3-7-14;/h1-3,6-7,13,15H,4-5,8-12,20H2,(H,21,24);1H. The summed E-state index contributed by atoms with van der Waals surface area (Å²) in [5.41, 5.74) is 6.52. The number of halogens is 1. The number of nitrogens with two attached hydrogens (primary N) is 1. The largest absolute Gasteiger partial charge is 0.444 e. The Bertz CT molecular complexity index is 750. The van der Waals surface area contributed by atoms with E-state index >= 15 is 0 Å². The molecule has 1 atom stereocenters. The van der Waals surface area contributed by atoms with Gasteiger partial charge in [-0.15, -0.1) is 12.4 Å². The van der Waals surface area contributed by atoms with Gasteiger partial charge in [-0.2, -0.15) is 0 Å². The van der Waals surface area contributed by atoms with E-state index in [1.807, 2.05) is 30.3 Å². The second-order valence-electron chi connectivity index (χ2n) is 6.39. The van der Waals surface area contributed by atoms with Gasteiger partial charge in [-0.25, -0.2) is 4.98 Å². The van der Waals surface area contributed by atoms with Crippen molar-refractivity contribution in [3.63, 3.8) is 0 Å². The highest BCUT2D eigenvalue weighted by Gasteiger charge is 2.29. The van der Waals surface area contributed by atoms with Crippen LogP contribution in [0, 0.1) is 0 Å². The van der Waals surface area contributed by atoms with Gasteiger partial charge in [0.15, 0.2) is 5.69 Å². The minimum absolute atomic E-state index is 0. The molecule has 0 saturated carbocycles. The highest BCUT2D eigenvalue weighted by molar-refractivity contribution is 5.92. The Morgan fingerprint density at radius 2 is 2.04 bits per heavy atom. The SMILES string of the molecule is Cl.NCCC(=O)NCC1CCCCN1C(=O)c1coc(-c2ccccc2)n1. The first-order valence-corrected chi connectivity index (χ1v) is 8.97. The molecule has 1 fully saturated rings. The Balaban J connectivity index is 0.00000261. The van der Waals surface area contributed by atoms with Gasteiger partial charge in [0.2, 0.25) is 11.8 Å². The summed E-state index contributed by atoms with van der Waals surface area (Å²) < 4.78 is 5.49. The average molecular weight is 393 g/mol. The van der Waals surface area contributed by atoms with Crippen LogP contribution < -0.4 is 11.1 Å². The maximum absolute atomic E-state index is 12.9. The van der Waals surface area contributed by atoms with Gasteiger partial charge in [-0.1, -0.05) is 18.2 Å². The van der Waals surface area contributed by atoms with Crippen LogP contribution >= 0.6 is 12.4 Å². The van der Waals surface area contributed by atoms with Crippen molar-refractivity contribution in [2.75, 3.05) is 19.6 Å². The van der Waals surface area contributed by atoms with Gasteiger partial charge in [-0.3, -0.25) is 9.59 Å². The Morgan fingerprint density at radius 3 is 2.78 bits per heavy atom. The van der Waals surface area contributed by atoms with Crippen LogP contribution in [0.2, 0.25) is 0 Å². The molecular formula is C19H25ClN4O3. The van der Waals surface area contributed by atoms with Crippen molar-refractivity contribution >= 4 is 24.2 Å². The van der Waals surface area contributed by atoms with Crippen LogP contribution in [0.1, 0.15) is 36.2 Å². The van der Waals surface area contributed by atoms with Crippen molar-refractivity contribution in [2.45, 2.75) is 31.7 Å². The van der Waals surface area contributed by atoms with Crippen LogP contribution in [0.3, 0.4) is 0 Å². The minimum atomic E-state index is -0.159. The molecule has 1 aliphatic heterocycles. The Labute approximate surface area is 164 Å². The zero-order chi connectivity index (χ0) is 18.4. The lowest BCUT2D eigenvalue weighted by Gasteiger charge is -2.35. The lowest BCUT2D eigenvalue weighted by Crippen LogP contribution is -2.49. The molecule has 7 nitrogen and oxygen atoms in total. The summed E-state index contributed by atoms with van der Waals surface area (Å²) in [6, 6.07) is 9.44. The zero-order valence-corrected chi connectivity index (χ0v) is 15.9. The topological polar surface area (TPSA) is 101 Å². The summed E-state index contributed by atoms with van der Waals surface area (Å²) in [4.78, 5) is 30.7. The Kier molecular flexibility index (Phi) is 7.82. The van der Waals surface area contributed by atoms with Crippen LogP contribution in [-0.2, 0) is 4.79 Å². The van der Waals surface area contributed by atoms with E-state index in [-0.39, 0.29) is 30.3 Å². The van der Waals surface area contributed by atoms with Crippen LogP contribution in [0.4, 0.5) is 0 Å². The highest BCUT2D eigenvalue weighted by Crippen LogP contribution is 2.22. The summed E-state index contributed by atoms with van der Waals surface area (Å²) in [5.74, 6) is 0.186. The van der Waals surface area contributed by atoms with Gasteiger partial charge < -0.3 is 20.4 Å². The fourth-order valence-electron chi connectivity index (χ4n) is 3.16. The van der Waals surface area contributed by atoms with E-state index in [0.29, 0.717) is 37.6 Å². The van der Waals surface area contributed by atoms with Crippen molar-refractivity contribution in [2.24, 2.45) is 5.73 Å². The van der Waals surface area contributed by atoms with Gasteiger partial charge >= 0.3 is 0 Å². The average Bonchev–Trinajstić information content (AvgIpc) is 3.17. The summed E-state index contributed by atoms with van der Waals surface area (Å²) in [6.07, 6.45) is 4.55. The predicted octanol–water partition coefficient (Wildman–Crippen LogP) is 2.22. The summed E-state index contributed by atoms with van der Waals surface area (Å²) in [7, 11) is 0. The van der Waals surface area contributed by atoms with E-state index in [2.05, 4.69) is 10.3 Å². The van der Waals surface area contributed by atoms with Gasteiger partial charge in [0.25, 0.3) is 5.91 Å². The number of carbonyl (C=O) groups is 2. The molecule has 0 radical (unpaired) electrons. The van der Waals surface area contributed by atoms with Crippen molar-refractivity contribution in [3.8, 4) is 11.5 Å². The predicted molar refractivity (Wildman–Crippen MR) is 105 cm³/mol. The maximum atomic E-state index is 12.9. The van der Waals surface area contributed by atoms with Crippen LogP contribution in [0.5, 0.6) is 0 Å². The molecule has 1 aromatic heterocycles. The van der Waals surface area contributed by atoms with Crippen molar-refractivity contribution in [1.82, 2.24) is 15.2 Å². The third-order valence-corrected chi connectivity index (χ3v) is 4.54. The molecule has 0 aliphatic carbocycles. The van der Waals surface area contributed by atoms with E-state index in [1.54, 1.807) is 4.90 Å². The molecule has 146 valence electrons. The molecule has 27 heavy (non-hydrogen) atoms. The molecule has 1 aromatic carbocycles. The number of oxazole rings is 1. The van der Waals surface area contributed by atoms with E-state index in [0.717, 1.165) is 24.8 Å². The third kappa shape index (κ3) is 5.30. The van der Waals surface area contributed by atoms with Crippen molar-refractivity contribution in [3.05, 3.63) is 42.3 Å². The molecule has 0 spiro atoms. The first-order valence-electron chi connectivity index (χ1n) is 8.97. The number of carbonyl (C=O) groups excluding carboxylic acids is 2. The first-order chi connectivity index (χ1) is 12.7. The number of benzene rings is 1. The van der Waals surface area contributed by atoms with E-state index < -0.39 is 0 Å². The second-order valence-corrected chi connectivity index (χ2v) is 6.39. The number of likely N-dealkylation sites (tertiary alicyclic amines) is 1. The molecule has 2 aromatic rings.